The number of fused-ring (bicyclic) bond motifs is 1. The number of hydrogen-bond donors (Lipinski definition) is 1. The molecule has 1 aromatic carbocycles. The summed E-state index contributed by atoms with van der Waals surface area (Å²) in [5, 5.41) is 3.84. The fourth-order valence-corrected chi connectivity index (χ4v) is 3.29. The number of pyridine rings is 1. The van der Waals surface area contributed by atoms with Crippen LogP contribution in [0.1, 0.15) is 17.4 Å². The van der Waals surface area contributed by atoms with E-state index in [0.29, 0.717) is 37.7 Å². The molecule has 1 saturated heterocycles. The van der Waals surface area contributed by atoms with Crippen molar-refractivity contribution in [1.82, 2.24) is 19.9 Å². The Hall–Kier alpha value is -3.55. The van der Waals surface area contributed by atoms with Crippen molar-refractivity contribution in [2.24, 2.45) is 0 Å². The van der Waals surface area contributed by atoms with E-state index in [2.05, 4.69) is 25.2 Å². The van der Waals surface area contributed by atoms with Crippen LogP contribution in [-0.4, -0.2) is 57.8 Å². The third-order valence-corrected chi connectivity index (χ3v) is 4.82. The van der Waals surface area contributed by atoms with Gasteiger partial charge >= 0.3 is 0 Å². The van der Waals surface area contributed by atoms with E-state index in [9.17, 15) is 9.59 Å². The zero-order chi connectivity index (χ0) is 19.5. The van der Waals surface area contributed by atoms with Crippen molar-refractivity contribution in [2.45, 2.75) is 6.92 Å². The van der Waals surface area contributed by atoms with Crippen LogP contribution in [0.15, 0.2) is 48.9 Å². The normalized spacial score (nSPS) is 14.2. The molecule has 3 aromatic rings. The van der Waals surface area contributed by atoms with Crippen LogP contribution in [0.4, 0.5) is 11.5 Å². The third kappa shape index (κ3) is 3.62. The second kappa shape index (κ2) is 7.59. The number of carbonyl (C=O) groups excluding carboxylic acids is 2. The first-order chi connectivity index (χ1) is 13.6. The maximum atomic E-state index is 12.7. The van der Waals surface area contributed by atoms with Crippen LogP contribution in [0.25, 0.3) is 10.9 Å². The van der Waals surface area contributed by atoms with Gasteiger partial charge in [-0.1, -0.05) is 18.2 Å². The van der Waals surface area contributed by atoms with Crippen molar-refractivity contribution in [3.05, 3.63) is 54.6 Å². The van der Waals surface area contributed by atoms with Crippen molar-refractivity contribution < 1.29 is 9.59 Å². The van der Waals surface area contributed by atoms with Crippen LogP contribution >= 0.6 is 0 Å². The number of nitrogens with one attached hydrogen (secondary N) is 1. The molecular formula is C20H20N6O2. The lowest BCUT2D eigenvalue weighted by atomic mass is 10.2. The summed E-state index contributed by atoms with van der Waals surface area (Å²) in [5.41, 5.74) is 1.65. The molecule has 1 aliphatic heterocycles. The molecule has 0 atom stereocenters. The molecule has 2 amide bonds. The van der Waals surface area contributed by atoms with Gasteiger partial charge in [0.2, 0.25) is 5.91 Å². The Balaban J connectivity index is 1.51. The number of hydrogen-bond acceptors (Lipinski definition) is 6. The first-order valence-corrected chi connectivity index (χ1v) is 9.09. The van der Waals surface area contributed by atoms with E-state index in [0.717, 1.165) is 10.9 Å². The van der Waals surface area contributed by atoms with Crippen molar-refractivity contribution >= 4 is 34.2 Å². The topological polar surface area (TPSA) is 91.3 Å². The summed E-state index contributed by atoms with van der Waals surface area (Å²) in [6.45, 7) is 4.20. The smallest absolute Gasteiger partial charge is 0.274 e. The fraction of sp³-hybridized carbons (Fsp3) is 0.250. The van der Waals surface area contributed by atoms with Crippen molar-refractivity contribution in [1.29, 1.82) is 0 Å². The minimum Gasteiger partial charge on any atom is -0.353 e. The zero-order valence-electron chi connectivity index (χ0n) is 15.5. The van der Waals surface area contributed by atoms with Gasteiger partial charge in [0.15, 0.2) is 0 Å². The molecule has 0 radical (unpaired) electrons. The van der Waals surface area contributed by atoms with Gasteiger partial charge in [0.05, 0.1) is 11.2 Å². The number of aromatic nitrogens is 3. The van der Waals surface area contributed by atoms with E-state index in [1.807, 2.05) is 30.3 Å². The first-order valence-electron chi connectivity index (χ1n) is 9.09. The molecule has 8 heteroatoms. The predicted octanol–water partition coefficient (Wildman–Crippen LogP) is 1.95. The molecule has 4 rings (SSSR count). The Labute approximate surface area is 162 Å². The molecule has 142 valence electrons. The van der Waals surface area contributed by atoms with E-state index < -0.39 is 0 Å². The number of carbonyl (C=O) groups is 2. The number of anilines is 2. The Morgan fingerprint density at radius 2 is 1.79 bits per heavy atom. The van der Waals surface area contributed by atoms with Crippen LogP contribution in [0.2, 0.25) is 0 Å². The Morgan fingerprint density at radius 1 is 1.00 bits per heavy atom. The van der Waals surface area contributed by atoms with Gasteiger partial charge in [-0.25, -0.2) is 9.97 Å². The number of nitrogens with zero attached hydrogens (tertiary/aromatic N) is 5. The van der Waals surface area contributed by atoms with E-state index in [1.165, 1.54) is 6.33 Å². The lowest BCUT2D eigenvalue weighted by Crippen LogP contribution is -2.48. The van der Waals surface area contributed by atoms with E-state index >= 15 is 0 Å². The molecule has 0 unspecified atom stereocenters. The van der Waals surface area contributed by atoms with Crippen LogP contribution in [0.5, 0.6) is 0 Å². The van der Waals surface area contributed by atoms with Gasteiger partial charge in [-0.05, 0) is 12.1 Å². The van der Waals surface area contributed by atoms with Crippen molar-refractivity contribution in [3.8, 4) is 0 Å². The predicted molar refractivity (Wildman–Crippen MR) is 106 cm³/mol. The molecule has 2 aromatic heterocycles. The average Bonchev–Trinajstić information content (AvgIpc) is 2.74. The number of rotatable bonds is 3. The fourth-order valence-electron chi connectivity index (χ4n) is 3.29. The molecule has 1 aliphatic rings. The zero-order valence-corrected chi connectivity index (χ0v) is 15.5. The lowest BCUT2D eigenvalue weighted by Gasteiger charge is -2.34. The highest BCUT2D eigenvalue weighted by Crippen LogP contribution is 2.21. The monoisotopic (exact) mass is 376 g/mol. The molecule has 3 heterocycles. The minimum absolute atomic E-state index is 0.0751. The maximum Gasteiger partial charge on any atom is 0.274 e. The molecule has 8 nitrogen and oxygen atoms in total. The van der Waals surface area contributed by atoms with Crippen LogP contribution in [0.3, 0.4) is 0 Å². The second-order valence-electron chi connectivity index (χ2n) is 6.59. The molecule has 0 spiro atoms. The standard InChI is InChI=1S/C20H20N6O2/c1-14(27)25-8-10-26(11-9-25)18-12-17(22-13-23-18)20(28)24-16-6-2-4-15-5-3-7-21-19(15)16/h2-7,12-13H,8-11H2,1H3,(H,24,28). The quantitative estimate of drug-likeness (QED) is 0.751. The third-order valence-electron chi connectivity index (χ3n) is 4.82. The summed E-state index contributed by atoms with van der Waals surface area (Å²) >= 11 is 0. The summed E-state index contributed by atoms with van der Waals surface area (Å²) in [4.78, 5) is 40.8. The van der Waals surface area contributed by atoms with Gasteiger partial charge in [-0.2, -0.15) is 0 Å². The highest BCUT2D eigenvalue weighted by atomic mass is 16.2. The number of piperazine rings is 1. The molecular weight excluding hydrogens is 356 g/mol. The molecule has 1 N–H and O–H groups in total. The minimum atomic E-state index is -0.316. The second-order valence-corrected chi connectivity index (χ2v) is 6.59. The highest BCUT2D eigenvalue weighted by Gasteiger charge is 2.21. The van der Waals surface area contributed by atoms with Gasteiger partial charge in [0, 0.05) is 50.8 Å². The first kappa shape index (κ1) is 17.8. The summed E-state index contributed by atoms with van der Waals surface area (Å²) in [7, 11) is 0. The number of benzene rings is 1. The van der Waals surface area contributed by atoms with Crippen LogP contribution < -0.4 is 10.2 Å². The van der Waals surface area contributed by atoms with Gasteiger partial charge in [-0.3, -0.25) is 14.6 Å². The van der Waals surface area contributed by atoms with Crippen molar-refractivity contribution in [3.63, 3.8) is 0 Å². The van der Waals surface area contributed by atoms with Gasteiger partial charge in [0.1, 0.15) is 17.8 Å². The number of amides is 2. The van der Waals surface area contributed by atoms with E-state index in [-0.39, 0.29) is 17.5 Å². The van der Waals surface area contributed by atoms with Gasteiger partial charge in [0.25, 0.3) is 5.91 Å². The van der Waals surface area contributed by atoms with Crippen molar-refractivity contribution in [2.75, 3.05) is 36.4 Å². The Bertz CT molecular complexity index is 1020. The lowest BCUT2D eigenvalue weighted by molar-refractivity contribution is -0.129. The Morgan fingerprint density at radius 3 is 2.57 bits per heavy atom. The largest absolute Gasteiger partial charge is 0.353 e. The molecule has 28 heavy (non-hydrogen) atoms. The summed E-state index contributed by atoms with van der Waals surface area (Å²) in [5.74, 6) is 0.440. The van der Waals surface area contributed by atoms with E-state index in [4.69, 9.17) is 0 Å². The molecule has 1 fully saturated rings. The molecule has 0 aliphatic carbocycles. The summed E-state index contributed by atoms with van der Waals surface area (Å²) in [6, 6.07) is 11.1. The SMILES string of the molecule is CC(=O)N1CCN(c2cc(C(=O)Nc3cccc4cccnc34)ncn2)CC1. The van der Waals surface area contributed by atoms with Crippen LogP contribution in [-0.2, 0) is 4.79 Å². The maximum absolute atomic E-state index is 12.7. The number of para-hydroxylation sites is 1. The molecule has 0 bridgehead atoms. The van der Waals surface area contributed by atoms with Gasteiger partial charge in [-0.15, -0.1) is 0 Å². The summed E-state index contributed by atoms with van der Waals surface area (Å²) < 4.78 is 0. The summed E-state index contributed by atoms with van der Waals surface area (Å²) in [6.07, 6.45) is 3.09. The average molecular weight is 376 g/mol. The molecule has 0 saturated carbocycles. The highest BCUT2D eigenvalue weighted by molar-refractivity contribution is 6.07. The van der Waals surface area contributed by atoms with Gasteiger partial charge < -0.3 is 15.1 Å². The van der Waals surface area contributed by atoms with E-state index in [1.54, 1.807) is 24.1 Å². The Kier molecular flexibility index (Phi) is 4.84. The van der Waals surface area contributed by atoms with Crippen LogP contribution in [0, 0.1) is 0 Å².